The number of ether oxygens (including phenoxy) is 1. The highest BCUT2D eigenvalue weighted by molar-refractivity contribution is 7.92. The van der Waals surface area contributed by atoms with E-state index in [1.165, 1.54) is 19.2 Å². The number of sulfonamides is 1. The first-order valence-electron chi connectivity index (χ1n) is 6.06. The van der Waals surface area contributed by atoms with E-state index in [1.807, 2.05) is 0 Å². The summed E-state index contributed by atoms with van der Waals surface area (Å²) in [5.74, 6) is 0.423. The zero-order valence-electron chi connectivity index (χ0n) is 11.6. The van der Waals surface area contributed by atoms with E-state index in [1.54, 1.807) is 31.2 Å². The van der Waals surface area contributed by atoms with Crippen LogP contribution in [0.2, 0.25) is 5.02 Å². The Hall–Kier alpha value is -1.92. The van der Waals surface area contributed by atoms with Gasteiger partial charge in [0.05, 0.1) is 17.7 Å². The van der Waals surface area contributed by atoms with Crippen LogP contribution in [0.5, 0.6) is 5.75 Å². The molecule has 2 aromatic rings. The van der Waals surface area contributed by atoms with E-state index in [4.69, 9.17) is 22.1 Å². The van der Waals surface area contributed by atoms with Crippen LogP contribution in [0.3, 0.4) is 0 Å². The number of anilines is 2. The summed E-state index contributed by atoms with van der Waals surface area (Å²) in [7, 11) is -2.34. The van der Waals surface area contributed by atoms with Crippen molar-refractivity contribution in [3.05, 3.63) is 47.0 Å². The summed E-state index contributed by atoms with van der Waals surface area (Å²) in [6.07, 6.45) is 0. The molecule has 0 unspecified atom stereocenters. The third kappa shape index (κ3) is 3.22. The molecular weight excluding hydrogens is 312 g/mol. The number of methoxy groups -OCH3 is 1. The summed E-state index contributed by atoms with van der Waals surface area (Å²) in [4.78, 5) is 0.00139. The molecule has 3 N–H and O–H groups in total. The van der Waals surface area contributed by atoms with Crippen molar-refractivity contribution in [1.29, 1.82) is 0 Å². The van der Waals surface area contributed by atoms with E-state index >= 15 is 0 Å². The average Bonchev–Trinajstić information content (AvgIpc) is 2.44. The van der Waals surface area contributed by atoms with Gasteiger partial charge in [-0.1, -0.05) is 23.7 Å². The number of hydrogen-bond donors (Lipinski definition) is 2. The molecule has 0 atom stereocenters. The Morgan fingerprint density at radius 1 is 1.24 bits per heavy atom. The number of nitrogens with one attached hydrogen (secondary N) is 1. The molecule has 0 heterocycles. The lowest BCUT2D eigenvalue weighted by Gasteiger charge is -2.13. The fourth-order valence-corrected chi connectivity index (χ4v) is 3.18. The van der Waals surface area contributed by atoms with Gasteiger partial charge in [-0.25, -0.2) is 8.42 Å². The molecule has 0 amide bonds. The van der Waals surface area contributed by atoms with Crippen molar-refractivity contribution >= 4 is 33.0 Å². The molecule has 7 heteroatoms. The minimum absolute atomic E-state index is 0.00139. The van der Waals surface area contributed by atoms with Gasteiger partial charge in [0.2, 0.25) is 0 Å². The number of halogens is 1. The summed E-state index contributed by atoms with van der Waals surface area (Å²) < 4.78 is 32.4. The Balaban J connectivity index is 2.44. The largest absolute Gasteiger partial charge is 0.495 e. The quantitative estimate of drug-likeness (QED) is 0.846. The second-order valence-corrected chi connectivity index (χ2v) is 6.51. The van der Waals surface area contributed by atoms with Crippen LogP contribution in [0.25, 0.3) is 0 Å². The second-order valence-electron chi connectivity index (χ2n) is 4.43. The molecular formula is C14H15ClN2O3S. The Morgan fingerprint density at radius 2 is 1.90 bits per heavy atom. The molecule has 0 radical (unpaired) electrons. The molecule has 0 aromatic heterocycles. The van der Waals surface area contributed by atoms with E-state index in [0.29, 0.717) is 27.7 Å². The minimum Gasteiger partial charge on any atom is -0.495 e. The van der Waals surface area contributed by atoms with E-state index < -0.39 is 10.0 Å². The fourth-order valence-electron chi connectivity index (χ4n) is 1.76. The first kappa shape index (κ1) is 15.5. The Morgan fingerprint density at radius 3 is 2.52 bits per heavy atom. The van der Waals surface area contributed by atoms with Gasteiger partial charge in [0.1, 0.15) is 5.75 Å². The highest BCUT2D eigenvalue weighted by Crippen LogP contribution is 2.29. The SMILES string of the molecule is COc1ccccc1NS(=O)(=O)c1cc(N)c(C)c(Cl)c1. The predicted molar refractivity (Wildman–Crippen MR) is 84.4 cm³/mol. The van der Waals surface area contributed by atoms with Crippen LogP contribution in [-0.4, -0.2) is 15.5 Å². The van der Waals surface area contributed by atoms with Crippen molar-refractivity contribution in [3.63, 3.8) is 0 Å². The topological polar surface area (TPSA) is 81.4 Å². The number of hydrogen-bond acceptors (Lipinski definition) is 4. The first-order valence-corrected chi connectivity index (χ1v) is 7.92. The van der Waals surface area contributed by atoms with Gasteiger partial charge in [0.15, 0.2) is 0 Å². The highest BCUT2D eigenvalue weighted by Gasteiger charge is 2.18. The van der Waals surface area contributed by atoms with Gasteiger partial charge in [0, 0.05) is 10.7 Å². The summed E-state index contributed by atoms with van der Waals surface area (Å²) in [5, 5.41) is 0.301. The average molecular weight is 327 g/mol. The summed E-state index contributed by atoms with van der Waals surface area (Å²) in [5.41, 5.74) is 7.08. The molecule has 0 aliphatic heterocycles. The standard InChI is InChI=1S/C14H15ClN2O3S/c1-9-11(15)7-10(8-12(9)16)21(18,19)17-13-5-3-4-6-14(13)20-2/h3-8,17H,16H2,1-2H3. The number of rotatable bonds is 4. The van der Waals surface area contributed by atoms with Crippen LogP contribution in [-0.2, 0) is 10.0 Å². The van der Waals surface area contributed by atoms with E-state index in [9.17, 15) is 8.42 Å². The van der Waals surface area contributed by atoms with Gasteiger partial charge in [-0.2, -0.15) is 0 Å². The Labute approximate surface area is 128 Å². The molecule has 0 fully saturated rings. The summed E-state index contributed by atoms with van der Waals surface area (Å²) in [6.45, 7) is 1.72. The van der Waals surface area contributed by atoms with Crippen LogP contribution in [0.4, 0.5) is 11.4 Å². The van der Waals surface area contributed by atoms with Gasteiger partial charge in [-0.3, -0.25) is 4.72 Å². The molecule has 0 aliphatic carbocycles. The van der Waals surface area contributed by atoms with E-state index in [-0.39, 0.29) is 4.90 Å². The smallest absolute Gasteiger partial charge is 0.262 e. The summed E-state index contributed by atoms with van der Waals surface area (Å²) in [6, 6.07) is 9.46. The van der Waals surface area contributed by atoms with Gasteiger partial charge < -0.3 is 10.5 Å². The van der Waals surface area contributed by atoms with Crippen molar-refractivity contribution in [3.8, 4) is 5.75 Å². The number of benzene rings is 2. The van der Waals surface area contributed by atoms with Crippen molar-refractivity contribution in [2.24, 2.45) is 0 Å². The van der Waals surface area contributed by atoms with Crippen molar-refractivity contribution in [2.75, 3.05) is 17.6 Å². The van der Waals surface area contributed by atoms with Crippen molar-refractivity contribution in [1.82, 2.24) is 0 Å². The summed E-state index contributed by atoms with van der Waals surface area (Å²) >= 11 is 5.99. The lowest BCUT2D eigenvalue weighted by Crippen LogP contribution is -2.14. The maximum Gasteiger partial charge on any atom is 0.262 e. The van der Waals surface area contributed by atoms with Gasteiger partial charge >= 0.3 is 0 Å². The Bertz CT molecular complexity index is 753. The zero-order valence-corrected chi connectivity index (χ0v) is 13.1. The van der Waals surface area contributed by atoms with E-state index in [2.05, 4.69) is 4.72 Å². The minimum atomic E-state index is -3.80. The molecule has 0 saturated heterocycles. The fraction of sp³-hybridized carbons (Fsp3) is 0.143. The van der Waals surface area contributed by atoms with Crippen LogP contribution in [0.1, 0.15) is 5.56 Å². The number of nitrogen functional groups attached to an aromatic ring is 1. The molecule has 112 valence electrons. The van der Waals surface area contributed by atoms with Gasteiger partial charge in [-0.05, 0) is 36.8 Å². The van der Waals surface area contributed by atoms with Gasteiger partial charge in [-0.15, -0.1) is 0 Å². The van der Waals surface area contributed by atoms with Crippen LogP contribution in [0, 0.1) is 6.92 Å². The maximum atomic E-state index is 12.4. The maximum absolute atomic E-state index is 12.4. The molecule has 5 nitrogen and oxygen atoms in total. The van der Waals surface area contributed by atoms with Crippen molar-refractivity contribution in [2.45, 2.75) is 11.8 Å². The molecule has 0 spiro atoms. The molecule has 0 aliphatic rings. The van der Waals surface area contributed by atoms with Gasteiger partial charge in [0.25, 0.3) is 10.0 Å². The van der Waals surface area contributed by atoms with Crippen molar-refractivity contribution < 1.29 is 13.2 Å². The molecule has 2 aromatic carbocycles. The first-order chi connectivity index (χ1) is 9.85. The number of para-hydroxylation sites is 2. The molecule has 0 saturated carbocycles. The highest BCUT2D eigenvalue weighted by atomic mass is 35.5. The lowest BCUT2D eigenvalue weighted by molar-refractivity contribution is 0.417. The van der Waals surface area contributed by atoms with E-state index in [0.717, 1.165) is 0 Å². The third-order valence-electron chi connectivity index (χ3n) is 3.02. The molecule has 0 bridgehead atoms. The molecule has 2 rings (SSSR count). The molecule has 21 heavy (non-hydrogen) atoms. The van der Waals surface area contributed by atoms with Crippen LogP contribution in [0.15, 0.2) is 41.3 Å². The monoisotopic (exact) mass is 326 g/mol. The second kappa shape index (κ2) is 5.83. The van der Waals surface area contributed by atoms with Crippen LogP contribution >= 0.6 is 11.6 Å². The number of nitrogens with two attached hydrogens (primary N) is 1. The normalized spacial score (nSPS) is 11.2. The lowest BCUT2D eigenvalue weighted by atomic mass is 10.2. The Kier molecular flexibility index (Phi) is 4.29. The third-order valence-corrected chi connectivity index (χ3v) is 4.76. The predicted octanol–water partition coefficient (Wildman–Crippen LogP) is 3.04. The zero-order chi connectivity index (χ0) is 15.6. The van der Waals surface area contributed by atoms with Crippen LogP contribution < -0.4 is 15.2 Å².